The molecule has 0 aromatic heterocycles. The van der Waals surface area contributed by atoms with Gasteiger partial charge in [-0.1, -0.05) is 36.4 Å². The average molecular weight is 242 g/mol. The Morgan fingerprint density at radius 2 is 2.00 bits per heavy atom. The normalized spacial score (nSPS) is 13.3. The van der Waals surface area contributed by atoms with Crippen LogP contribution in [0.25, 0.3) is 0 Å². The molecule has 0 saturated carbocycles. The summed E-state index contributed by atoms with van der Waals surface area (Å²) >= 11 is 0. The minimum absolute atomic E-state index is 0.197. The van der Waals surface area contributed by atoms with Crippen molar-refractivity contribution in [2.24, 2.45) is 0 Å². The fourth-order valence-electron chi connectivity index (χ4n) is 1.06. The van der Waals surface area contributed by atoms with Crippen LogP contribution >= 0.6 is 0 Å². The maximum atomic E-state index is 11.5. The van der Waals surface area contributed by atoms with Gasteiger partial charge in [-0.05, 0) is 5.56 Å². The van der Waals surface area contributed by atoms with E-state index in [0.717, 1.165) is 0 Å². The second kappa shape index (κ2) is 5.79. The largest absolute Gasteiger partial charge is 0.387 e. The molecule has 0 heterocycles. The van der Waals surface area contributed by atoms with Gasteiger partial charge in [0.25, 0.3) is 10.1 Å². The molecule has 88 valence electrons. The summed E-state index contributed by atoms with van der Waals surface area (Å²) in [5.41, 5.74) is 0.649. The van der Waals surface area contributed by atoms with Gasteiger partial charge >= 0.3 is 0 Å². The molecule has 0 aliphatic rings. The van der Waals surface area contributed by atoms with Gasteiger partial charge in [0.2, 0.25) is 0 Å². The molecule has 1 rings (SSSR count). The zero-order valence-corrected chi connectivity index (χ0v) is 9.56. The summed E-state index contributed by atoms with van der Waals surface area (Å²) in [5, 5.41) is 9.08. The third kappa shape index (κ3) is 4.57. The Kier molecular flexibility index (Phi) is 4.67. The Morgan fingerprint density at radius 3 is 2.56 bits per heavy atom. The molecule has 0 saturated heterocycles. The van der Waals surface area contributed by atoms with Gasteiger partial charge in [-0.25, -0.2) is 0 Å². The highest BCUT2D eigenvalue weighted by Crippen LogP contribution is 2.07. The van der Waals surface area contributed by atoms with E-state index in [1.165, 1.54) is 6.08 Å². The fourth-order valence-corrected chi connectivity index (χ4v) is 2.09. The van der Waals surface area contributed by atoms with Crippen molar-refractivity contribution in [3.05, 3.63) is 48.6 Å². The monoisotopic (exact) mass is 242 g/mol. The predicted octanol–water partition coefficient (Wildman–Crippen LogP) is 1.08. The first-order chi connectivity index (χ1) is 7.53. The molecular formula is C11H14O4S. The quantitative estimate of drug-likeness (QED) is 0.599. The van der Waals surface area contributed by atoms with Crippen LogP contribution in [0.5, 0.6) is 0 Å². The van der Waals surface area contributed by atoms with Gasteiger partial charge in [0.1, 0.15) is 5.75 Å². The first-order valence-corrected chi connectivity index (χ1v) is 6.33. The van der Waals surface area contributed by atoms with E-state index in [1.807, 2.05) is 0 Å². The molecule has 5 heteroatoms. The zero-order valence-electron chi connectivity index (χ0n) is 8.74. The number of aliphatic hydroxyl groups is 1. The van der Waals surface area contributed by atoms with Crippen LogP contribution in [-0.4, -0.2) is 26.2 Å². The van der Waals surface area contributed by atoms with Crippen LogP contribution in [0.1, 0.15) is 5.56 Å². The van der Waals surface area contributed by atoms with Crippen LogP contribution in [0.3, 0.4) is 0 Å². The molecule has 0 aliphatic carbocycles. The lowest BCUT2D eigenvalue weighted by Crippen LogP contribution is -2.17. The van der Waals surface area contributed by atoms with Crippen molar-refractivity contribution < 1.29 is 17.7 Å². The molecule has 1 N–H and O–H groups in total. The highest BCUT2D eigenvalue weighted by Gasteiger charge is 2.13. The van der Waals surface area contributed by atoms with E-state index >= 15 is 0 Å². The summed E-state index contributed by atoms with van der Waals surface area (Å²) in [4.78, 5) is 0. The third-order valence-corrected chi connectivity index (χ3v) is 3.06. The van der Waals surface area contributed by atoms with Crippen molar-refractivity contribution >= 4 is 10.1 Å². The van der Waals surface area contributed by atoms with E-state index in [2.05, 4.69) is 10.8 Å². The number of benzene rings is 1. The van der Waals surface area contributed by atoms with E-state index in [1.54, 1.807) is 30.3 Å². The molecule has 0 fully saturated rings. The molecule has 16 heavy (non-hydrogen) atoms. The SMILES string of the molecule is C=CC(O)COS(=O)(=O)Cc1ccccc1. The lowest BCUT2D eigenvalue weighted by Gasteiger charge is -2.07. The summed E-state index contributed by atoms with van der Waals surface area (Å²) < 4.78 is 27.5. The van der Waals surface area contributed by atoms with Gasteiger partial charge in [-0.15, -0.1) is 6.58 Å². The number of rotatable bonds is 6. The van der Waals surface area contributed by atoms with Crippen molar-refractivity contribution in [1.29, 1.82) is 0 Å². The van der Waals surface area contributed by atoms with E-state index in [-0.39, 0.29) is 12.4 Å². The molecule has 1 aromatic rings. The van der Waals surface area contributed by atoms with Gasteiger partial charge in [0.15, 0.2) is 0 Å². The summed E-state index contributed by atoms with van der Waals surface area (Å²) in [5.74, 6) is -0.197. The Balaban J connectivity index is 2.56. The highest BCUT2D eigenvalue weighted by atomic mass is 32.2. The topological polar surface area (TPSA) is 63.6 Å². The van der Waals surface area contributed by atoms with E-state index in [9.17, 15) is 8.42 Å². The van der Waals surface area contributed by atoms with Crippen molar-refractivity contribution in [1.82, 2.24) is 0 Å². The molecule has 1 aromatic carbocycles. The molecule has 0 radical (unpaired) electrons. The maximum absolute atomic E-state index is 11.5. The summed E-state index contributed by atoms with van der Waals surface area (Å²) in [6, 6.07) is 8.71. The molecule has 0 amide bonds. The minimum atomic E-state index is -3.65. The van der Waals surface area contributed by atoms with Gasteiger partial charge in [0, 0.05) is 0 Å². The van der Waals surface area contributed by atoms with Crippen molar-refractivity contribution in [3.8, 4) is 0 Å². The second-order valence-corrected chi connectivity index (χ2v) is 4.91. The number of aliphatic hydroxyl groups excluding tert-OH is 1. The summed E-state index contributed by atoms with van der Waals surface area (Å²) in [6.45, 7) is 3.03. The first-order valence-electron chi connectivity index (χ1n) is 4.75. The Morgan fingerprint density at radius 1 is 1.38 bits per heavy atom. The lowest BCUT2D eigenvalue weighted by atomic mass is 10.2. The smallest absolute Gasteiger partial charge is 0.271 e. The van der Waals surface area contributed by atoms with Gasteiger partial charge in [-0.2, -0.15) is 8.42 Å². The molecule has 1 atom stereocenters. The first kappa shape index (κ1) is 12.9. The number of hydrogen-bond acceptors (Lipinski definition) is 4. The zero-order chi connectivity index (χ0) is 12.0. The molecule has 0 bridgehead atoms. The van der Waals surface area contributed by atoms with Crippen molar-refractivity contribution in [2.45, 2.75) is 11.9 Å². The molecule has 1 unspecified atom stereocenters. The van der Waals surface area contributed by atoms with Crippen LogP contribution < -0.4 is 0 Å². The van der Waals surface area contributed by atoms with E-state index in [4.69, 9.17) is 5.11 Å². The maximum Gasteiger partial charge on any atom is 0.271 e. The predicted molar refractivity (Wildman–Crippen MR) is 61.2 cm³/mol. The number of hydrogen-bond donors (Lipinski definition) is 1. The minimum Gasteiger partial charge on any atom is -0.387 e. The van der Waals surface area contributed by atoms with Crippen molar-refractivity contribution in [3.63, 3.8) is 0 Å². The van der Waals surface area contributed by atoms with Crippen LogP contribution in [0.4, 0.5) is 0 Å². The molecule has 4 nitrogen and oxygen atoms in total. The molecular weight excluding hydrogens is 228 g/mol. The summed E-state index contributed by atoms with van der Waals surface area (Å²) in [6.07, 6.45) is 0.253. The highest BCUT2D eigenvalue weighted by molar-refractivity contribution is 7.85. The van der Waals surface area contributed by atoms with Crippen LogP contribution in [0, 0.1) is 0 Å². The van der Waals surface area contributed by atoms with Crippen molar-refractivity contribution in [2.75, 3.05) is 6.61 Å². The van der Waals surface area contributed by atoms with Gasteiger partial charge in [-0.3, -0.25) is 4.18 Å². The second-order valence-electron chi connectivity index (χ2n) is 3.28. The fraction of sp³-hybridized carbons (Fsp3) is 0.273. The Labute approximate surface area is 95.3 Å². The molecule has 0 spiro atoms. The summed E-state index contributed by atoms with van der Waals surface area (Å²) in [7, 11) is -3.65. The van der Waals surface area contributed by atoms with Gasteiger partial charge in [0.05, 0.1) is 12.7 Å². The van der Waals surface area contributed by atoms with Gasteiger partial charge < -0.3 is 5.11 Å². The Bertz CT molecular complexity index is 425. The van der Waals surface area contributed by atoms with E-state index in [0.29, 0.717) is 5.56 Å². The molecule has 0 aliphatic heterocycles. The third-order valence-electron chi connectivity index (χ3n) is 1.88. The van der Waals surface area contributed by atoms with Crippen LogP contribution in [-0.2, 0) is 20.1 Å². The lowest BCUT2D eigenvalue weighted by molar-refractivity contribution is 0.148. The average Bonchev–Trinajstić information content (AvgIpc) is 2.27. The standard InChI is InChI=1S/C11H14O4S/c1-2-11(12)8-15-16(13,14)9-10-6-4-3-5-7-10/h2-7,11-12H,1,8-9H2. The van der Waals surface area contributed by atoms with E-state index < -0.39 is 16.2 Å². The Hall–Kier alpha value is -1.17. The van der Waals surface area contributed by atoms with Crippen LogP contribution in [0.15, 0.2) is 43.0 Å². The van der Waals surface area contributed by atoms with Crippen LogP contribution in [0.2, 0.25) is 0 Å².